The largest absolute Gasteiger partial charge is 0.368 e. The van der Waals surface area contributed by atoms with Crippen LogP contribution in [0, 0.1) is 5.82 Å². The molecule has 1 saturated heterocycles. The van der Waals surface area contributed by atoms with Crippen molar-refractivity contribution in [1.29, 1.82) is 0 Å². The monoisotopic (exact) mass is 397 g/mol. The van der Waals surface area contributed by atoms with Crippen LogP contribution in [-0.2, 0) is 9.59 Å². The molecule has 0 saturated carbocycles. The van der Waals surface area contributed by atoms with Gasteiger partial charge in [-0.2, -0.15) is 0 Å². The fourth-order valence-corrected chi connectivity index (χ4v) is 3.56. The van der Waals surface area contributed by atoms with Crippen LogP contribution in [0.2, 0.25) is 0 Å². The minimum absolute atomic E-state index is 0.0321. The van der Waals surface area contributed by atoms with E-state index in [1.54, 1.807) is 12.1 Å². The second-order valence-electron chi connectivity index (χ2n) is 7.40. The Morgan fingerprint density at radius 3 is 2.28 bits per heavy atom. The summed E-state index contributed by atoms with van der Waals surface area (Å²) in [4.78, 5) is 28.6. The molecule has 0 aliphatic carbocycles. The average molecular weight is 397 g/mol. The van der Waals surface area contributed by atoms with Gasteiger partial charge in [0, 0.05) is 44.7 Å². The summed E-state index contributed by atoms with van der Waals surface area (Å²) in [7, 11) is 0. The third-order valence-corrected chi connectivity index (χ3v) is 5.30. The molecule has 1 aliphatic heterocycles. The number of hydrogen-bond acceptors (Lipinski definition) is 3. The molecule has 1 unspecified atom stereocenters. The lowest BCUT2D eigenvalue weighted by atomic mass is 10.1. The second kappa shape index (κ2) is 10.0. The first-order valence-corrected chi connectivity index (χ1v) is 10.2. The smallest absolute Gasteiger partial charge is 0.222 e. The van der Waals surface area contributed by atoms with Crippen molar-refractivity contribution >= 4 is 17.5 Å². The van der Waals surface area contributed by atoms with Crippen LogP contribution in [0.1, 0.15) is 37.8 Å². The number of carbonyl (C=O) groups is 2. The topological polar surface area (TPSA) is 52.7 Å². The zero-order valence-electron chi connectivity index (χ0n) is 16.8. The Hall–Kier alpha value is -2.89. The van der Waals surface area contributed by atoms with Gasteiger partial charge >= 0.3 is 0 Å². The summed E-state index contributed by atoms with van der Waals surface area (Å²) in [5, 5.41) is 2.98. The van der Waals surface area contributed by atoms with Crippen molar-refractivity contribution in [3.63, 3.8) is 0 Å². The SMILES string of the molecule is CC(NC(=O)CCCC(=O)N1CCN(c2ccc(F)cc2)CC1)c1ccccc1. The Morgan fingerprint density at radius 2 is 1.62 bits per heavy atom. The maximum atomic E-state index is 13.1. The van der Waals surface area contributed by atoms with Crippen molar-refractivity contribution in [3.05, 3.63) is 66.0 Å². The Balaban J connectivity index is 1.36. The van der Waals surface area contributed by atoms with Crippen LogP contribution < -0.4 is 10.2 Å². The minimum atomic E-state index is -0.246. The zero-order valence-corrected chi connectivity index (χ0v) is 16.8. The Kier molecular flexibility index (Phi) is 7.22. The molecular weight excluding hydrogens is 369 g/mol. The number of nitrogens with one attached hydrogen (secondary N) is 1. The maximum absolute atomic E-state index is 13.1. The molecule has 6 heteroatoms. The molecule has 5 nitrogen and oxygen atoms in total. The number of hydrogen-bond donors (Lipinski definition) is 1. The van der Waals surface area contributed by atoms with E-state index < -0.39 is 0 Å². The van der Waals surface area contributed by atoms with Gasteiger partial charge in [0.25, 0.3) is 0 Å². The van der Waals surface area contributed by atoms with Crippen molar-refractivity contribution in [1.82, 2.24) is 10.2 Å². The third kappa shape index (κ3) is 6.04. The van der Waals surface area contributed by atoms with Crippen LogP contribution in [0.25, 0.3) is 0 Å². The Labute approximate surface area is 171 Å². The lowest BCUT2D eigenvalue weighted by Gasteiger charge is -2.36. The highest BCUT2D eigenvalue weighted by Gasteiger charge is 2.21. The molecule has 1 atom stereocenters. The molecule has 3 rings (SSSR count). The molecule has 2 aromatic rings. The van der Waals surface area contributed by atoms with Crippen LogP contribution in [0.3, 0.4) is 0 Å². The highest BCUT2D eigenvalue weighted by atomic mass is 19.1. The van der Waals surface area contributed by atoms with Crippen molar-refractivity contribution in [2.24, 2.45) is 0 Å². The third-order valence-electron chi connectivity index (χ3n) is 5.30. The van der Waals surface area contributed by atoms with Crippen molar-refractivity contribution in [3.8, 4) is 0 Å². The van der Waals surface area contributed by atoms with Gasteiger partial charge in [-0.05, 0) is 43.2 Å². The van der Waals surface area contributed by atoms with Gasteiger partial charge in [-0.25, -0.2) is 4.39 Å². The first-order chi connectivity index (χ1) is 14.0. The number of benzene rings is 2. The number of halogens is 1. The van der Waals surface area contributed by atoms with Gasteiger partial charge in [0.1, 0.15) is 5.82 Å². The fourth-order valence-electron chi connectivity index (χ4n) is 3.56. The van der Waals surface area contributed by atoms with E-state index in [4.69, 9.17) is 0 Å². The number of piperazine rings is 1. The van der Waals surface area contributed by atoms with Crippen molar-refractivity contribution in [2.75, 3.05) is 31.1 Å². The first kappa shape index (κ1) is 20.8. The zero-order chi connectivity index (χ0) is 20.6. The van der Waals surface area contributed by atoms with Gasteiger partial charge in [0.2, 0.25) is 11.8 Å². The molecule has 1 fully saturated rings. The van der Waals surface area contributed by atoms with Crippen LogP contribution in [-0.4, -0.2) is 42.9 Å². The number of carbonyl (C=O) groups excluding carboxylic acids is 2. The summed E-state index contributed by atoms with van der Waals surface area (Å²) in [6.07, 6.45) is 1.27. The summed E-state index contributed by atoms with van der Waals surface area (Å²) in [6, 6.07) is 16.2. The van der Waals surface area contributed by atoms with Crippen LogP contribution >= 0.6 is 0 Å². The number of rotatable bonds is 7. The summed E-state index contributed by atoms with van der Waals surface area (Å²) >= 11 is 0. The van der Waals surface area contributed by atoms with Gasteiger partial charge in [0.05, 0.1) is 6.04 Å². The van der Waals surface area contributed by atoms with Crippen LogP contribution in [0.15, 0.2) is 54.6 Å². The lowest BCUT2D eigenvalue weighted by molar-refractivity contribution is -0.131. The summed E-state index contributed by atoms with van der Waals surface area (Å²) in [5.41, 5.74) is 2.04. The van der Waals surface area contributed by atoms with E-state index in [1.165, 1.54) is 12.1 Å². The van der Waals surface area contributed by atoms with Gasteiger partial charge in [-0.3, -0.25) is 9.59 Å². The minimum Gasteiger partial charge on any atom is -0.368 e. The van der Waals surface area contributed by atoms with E-state index in [0.717, 1.165) is 24.3 Å². The van der Waals surface area contributed by atoms with Gasteiger partial charge in [0.15, 0.2) is 0 Å². The maximum Gasteiger partial charge on any atom is 0.222 e. The van der Waals surface area contributed by atoms with E-state index in [9.17, 15) is 14.0 Å². The molecule has 0 spiro atoms. The molecule has 2 aromatic carbocycles. The van der Waals surface area contributed by atoms with Crippen molar-refractivity contribution in [2.45, 2.75) is 32.2 Å². The number of nitrogens with zero attached hydrogens (tertiary/aromatic N) is 2. The molecule has 1 heterocycles. The molecule has 2 amide bonds. The first-order valence-electron chi connectivity index (χ1n) is 10.2. The number of anilines is 1. The van der Waals surface area contributed by atoms with Gasteiger partial charge in [-0.15, -0.1) is 0 Å². The predicted molar refractivity (Wildman–Crippen MR) is 112 cm³/mol. The van der Waals surface area contributed by atoms with E-state index in [-0.39, 0.29) is 23.7 Å². The van der Waals surface area contributed by atoms with Gasteiger partial charge < -0.3 is 15.1 Å². The van der Waals surface area contributed by atoms with Gasteiger partial charge in [-0.1, -0.05) is 30.3 Å². The summed E-state index contributed by atoms with van der Waals surface area (Å²) < 4.78 is 13.1. The van der Waals surface area contributed by atoms with Crippen molar-refractivity contribution < 1.29 is 14.0 Å². The average Bonchev–Trinajstić information content (AvgIpc) is 2.75. The fraction of sp³-hybridized carbons (Fsp3) is 0.391. The summed E-state index contributed by atoms with van der Waals surface area (Å²) in [6.45, 7) is 4.71. The molecule has 29 heavy (non-hydrogen) atoms. The standard InChI is InChI=1S/C23H28FN3O2/c1-18(19-6-3-2-4-7-19)25-22(28)8-5-9-23(29)27-16-14-26(15-17-27)21-12-10-20(24)11-13-21/h2-4,6-7,10-13,18H,5,8-9,14-17H2,1H3,(H,25,28). The molecular formula is C23H28FN3O2. The number of amides is 2. The molecule has 0 bridgehead atoms. The van der Waals surface area contributed by atoms with Crippen LogP contribution in [0.5, 0.6) is 0 Å². The van der Waals surface area contributed by atoms with E-state index in [1.807, 2.05) is 42.2 Å². The van der Waals surface area contributed by atoms with E-state index in [0.29, 0.717) is 32.4 Å². The predicted octanol–water partition coefficient (Wildman–Crippen LogP) is 3.52. The Morgan fingerprint density at radius 1 is 0.966 bits per heavy atom. The molecule has 154 valence electrons. The Bertz CT molecular complexity index is 803. The van der Waals surface area contributed by atoms with E-state index in [2.05, 4.69) is 10.2 Å². The van der Waals surface area contributed by atoms with Crippen LogP contribution in [0.4, 0.5) is 10.1 Å². The highest BCUT2D eigenvalue weighted by molar-refractivity contribution is 5.79. The molecule has 1 aliphatic rings. The normalized spacial score (nSPS) is 15.1. The molecule has 1 N–H and O–H groups in total. The molecule has 0 aromatic heterocycles. The van der Waals surface area contributed by atoms with E-state index >= 15 is 0 Å². The molecule has 0 radical (unpaired) electrons. The highest BCUT2D eigenvalue weighted by Crippen LogP contribution is 2.17. The quantitative estimate of drug-likeness (QED) is 0.778. The second-order valence-corrected chi connectivity index (χ2v) is 7.40. The lowest BCUT2D eigenvalue weighted by Crippen LogP contribution is -2.48. The summed E-state index contributed by atoms with van der Waals surface area (Å²) in [5.74, 6) is -0.187.